The van der Waals surface area contributed by atoms with Gasteiger partial charge in [-0.05, 0) is 49.1 Å². The van der Waals surface area contributed by atoms with E-state index in [4.69, 9.17) is 4.74 Å². The Morgan fingerprint density at radius 3 is 2.96 bits per heavy atom. The van der Waals surface area contributed by atoms with Crippen molar-refractivity contribution < 1.29 is 14.3 Å². The minimum absolute atomic E-state index is 0.0487. The van der Waals surface area contributed by atoms with E-state index in [1.54, 1.807) is 0 Å². The van der Waals surface area contributed by atoms with Crippen molar-refractivity contribution in [3.05, 3.63) is 29.8 Å². The van der Waals surface area contributed by atoms with Crippen molar-refractivity contribution in [2.75, 3.05) is 11.9 Å². The second-order valence-electron chi connectivity index (χ2n) is 8.98. The van der Waals surface area contributed by atoms with Crippen LogP contribution < -0.4 is 5.32 Å². The van der Waals surface area contributed by atoms with Crippen LogP contribution in [0.3, 0.4) is 0 Å². The molecule has 1 amide bonds. The molecule has 7 aliphatic rings. The molecular formula is C20H20N2O3. The topological polar surface area (TPSA) is 58.6 Å². The first-order chi connectivity index (χ1) is 12.1. The molecule has 3 aliphatic carbocycles. The van der Waals surface area contributed by atoms with Gasteiger partial charge in [0.15, 0.2) is 6.10 Å². The van der Waals surface area contributed by atoms with Gasteiger partial charge in [-0.2, -0.15) is 0 Å². The van der Waals surface area contributed by atoms with Crippen LogP contribution in [0, 0.1) is 11.3 Å². The molecule has 1 N–H and O–H groups in total. The van der Waals surface area contributed by atoms with Crippen LogP contribution in [-0.2, 0) is 19.7 Å². The number of nitrogens with zero attached hydrogens (tertiary/aromatic N) is 1. The summed E-state index contributed by atoms with van der Waals surface area (Å²) in [5, 5.41) is 3.79. The summed E-state index contributed by atoms with van der Waals surface area (Å²) in [5.74, 6) is -0.236. The summed E-state index contributed by atoms with van der Waals surface area (Å²) in [6, 6.07) is 8.56. The minimum Gasteiger partial charge on any atom is -0.451 e. The zero-order chi connectivity index (χ0) is 16.6. The summed E-state index contributed by atoms with van der Waals surface area (Å²) in [4.78, 5) is 28.4. The van der Waals surface area contributed by atoms with Crippen molar-refractivity contribution >= 4 is 17.6 Å². The van der Waals surface area contributed by atoms with Crippen molar-refractivity contribution in [2.24, 2.45) is 11.3 Å². The van der Waals surface area contributed by atoms with Crippen LogP contribution >= 0.6 is 0 Å². The molecule has 3 saturated heterocycles. The van der Waals surface area contributed by atoms with Gasteiger partial charge >= 0.3 is 5.97 Å². The smallest absolute Gasteiger partial charge is 0.312 e. The van der Waals surface area contributed by atoms with E-state index < -0.39 is 11.5 Å². The molecule has 5 nitrogen and oxygen atoms in total. The highest BCUT2D eigenvalue weighted by Gasteiger charge is 2.86. The van der Waals surface area contributed by atoms with E-state index in [0.717, 1.165) is 44.3 Å². The van der Waals surface area contributed by atoms with Crippen molar-refractivity contribution in [1.29, 1.82) is 0 Å². The highest BCUT2D eigenvalue weighted by Crippen LogP contribution is 2.76. The molecule has 0 radical (unpaired) electrons. The van der Waals surface area contributed by atoms with E-state index in [-0.39, 0.29) is 34.8 Å². The third kappa shape index (κ3) is 1.03. The van der Waals surface area contributed by atoms with Crippen LogP contribution in [0.4, 0.5) is 5.69 Å². The molecule has 4 aliphatic heterocycles. The average Bonchev–Trinajstić information content (AvgIpc) is 3.09. The Balaban J connectivity index is 1.65. The number of hydrogen-bond acceptors (Lipinski definition) is 4. The quantitative estimate of drug-likeness (QED) is 0.734. The Kier molecular flexibility index (Phi) is 1.89. The van der Waals surface area contributed by atoms with Crippen molar-refractivity contribution in [3.63, 3.8) is 0 Å². The number of esters is 1. The third-order valence-corrected chi connectivity index (χ3v) is 8.53. The zero-order valence-electron chi connectivity index (χ0n) is 14.0. The van der Waals surface area contributed by atoms with Crippen molar-refractivity contribution in [3.8, 4) is 0 Å². The fourth-order valence-corrected chi connectivity index (χ4v) is 8.01. The Labute approximate surface area is 145 Å². The first-order valence-corrected chi connectivity index (χ1v) is 9.53. The number of amides is 1. The lowest BCUT2D eigenvalue weighted by molar-refractivity contribution is -0.207. The van der Waals surface area contributed by atoms with Gasteiger partial charge in [-0.3, -0.25) is 9.59 Å². The number of carbonyl (C=O) groups excluding carboxylic acids is 2. The van der Waals surface area contributed by atoms with Gasteiger partial charge in [0.25, 0.3) is 5.91 Å². The van der Waals surface area contributed by atoms with E-state index in [1.165, 1.54) is 5.56 Å². The lowest BCUT2D eigenvalue weighted by Crippen LogP contribution is -2.81. The van der Waals surface area contributed by atoms with Crippen LogP contribution in [-0.4, -0.2) is 41.0 Å². The highest BCUT2D eigenvalue weighted by molar-refractivity contribution is 5.97. The van der Waals surface area contributed by atoms with Gasteiger partial charge in [0, 0.05) is 12.2 Å². The summed E-state index contributed by atoms with van der Waals surface area (Å²) in [5.41, 5.74) is 1.67. The fourth-order valence-electron chi connectivity index (χ4n) is 8.01. The molecule has 1 aromatic carbocycles. The van der Waals surface area contributed by atoms with Crippen LogP contribution in [0.5, 0.6) is 0 Å². The summed E-state index contributed by atoms with van der Waals surface area (Å²) < 4.78 is 5.90. The average molecular weight is 336 g/mol. The van der Waals surface area contributed by atoms with Crippen LogP contribution in [0.2, 0.25) is 0 Å². The molecule has 8 rings (SSSR count). The van der Waals surface area contributed by atoms with Gasteiger partial charge in [0.2, 0.25) is 0 Å². The maximum atomic E-state index is 13.4. The third-order valence-electron chi connectivity index (χ3n) is 8.53. The predicted octanol–water partition coefficient (Wildman–Crippen LogP) is 1.82. The standard InChI is InChI=1S/C20H20N2O3/c23-15-14-20-11-4-1-2-5-13(11)21-19(20)8-7-18(10-12(19)16(24)25-14)6-3-9-22(15)17(18)20/h1-2,4-5,12,14,17,21H,3,6-10H2/t12-,14?,17+,18-,19-,20+/m1/s1. The zero-order valence-corrected chi connectivity index (χ0v) is 14.0. The Bertz CT molecular complexity index is 883. The van der Waals surface area contributed by atoms with E-state index in [0.29, 0.717) is 0 Å². The molecule has 3 spiro atoms. The number of nitrogens with one attached hydrogen (secondary N) is 1. The van der Waals surface area contributed by atoms with Gasteiger partial charge < -0.3 is 15.0 Å². The van der Waals surface area contributed by atoms with Gasteiger partial charge in [0.05, 0.1) is 22.9 Å². The maximum absolute atomic E-state index is 13.4. The number of carbonyl (C=O) groups is 2. The number of anilines is 1. The van der Waals surface area contributed by atoms with Crippen LogP contribution in [0.25, 0.3) is 0 Å². The molecule has 5 heteroatoms. The van der Waals surface area contributed by atoms with Crippen molar-refractivity contribution in [2.45, 2.75) is 55.2 Å². The molecule has 1 unspecified atom stereocenters. The Hall–Kier alpha value is -2.04. The highest BCUT2D eigenvalue weighted by atomic mass is 16.6. The molecular weight excluding hydrogens is 316 g/mol. The summed E-state index contributed by atoms with van der Waals surface area (Å²) in [6.07, 6.45) is 4.49. The summed E-state index contributed by atoms with van der Waals surface area (Å²) in [7, 11) is 0. The molecule has 4 bridgehead atoms. The number of hydrogen-bond donors (Lipinski definition) is 1. The lowest BCUT2D eigenvalue weighted by Gasteiger charge is -2.70. The van der Waals surface area contributed by atoms with Gasteiger partial charge in [-0.1, -0.05) is 18.2 Å². The Morgan fingerprint density at radius 1 is 1.16 bits per heavy atom. The van der Waals surface area contributed by atoms with Crippen molar-refractivity contribution in [1.82, 2.24) is 4.90 Å². The Morgan fingerprint density at radius 2 is 2.04 bits per heavy atom. The second-order valence-corrected chi connectivity index (χ2v) is 8.98. The monoisotopic (exact) mass is 336 g/mol. The van der Waals surface area contributed by atoms with Crippen LogP contribution in [0.15, 0.2) is 24.3 Å². The number of para-hydroxylation sites is 1. The van der Waals surface area contributed by atoms with E-state index in [2.05, 4.69) is 28.4 Å². The molecule has 25 heavy (non-hydrogen) atoms. The largest absolute Gasteiger partial charge is 0.451 e. The van der Waals surface area contributed by atoms with E-state index in [1.807, 2.05) is 6.07 Å². The van der Waals surface area contributed by atoms with Gasteiger partial charge in [-0.25, -0.2) is 0 Å². The number of ether oxygens (including phenoxy) is 1. The normalized spacial score (nSPS) is 50.2. The number of fused-ring (bicyclic) bond motifs is 2. The molecule has 0 aromatic heterocycles. The number of piperidine rings is 1. The SMILES string of the molecule is O=C1OC2C(=O)N3CCC[C@]45CC[C@@]6(Nc7ccccc7[C@@]26[C@@H]34)[C@@H]1C5. The first kappa shape index (κ1) is 13.2. The van der Waals surface area contributed by atoms with Gasteiger partial charge in [0.1, 0.15) is 0 Å². The molecule has 6 atom stereocenters. The second kappa shape index (κ2) is 3.57. The maximum Gasteiger partial charge on any atom is 0.312 e. The summed E-state index contributed by atoms with van der Waals surface area (Å²) in [6.45, 7) is 0.809. The molecule has 128 valence electrons. The van der Waals surface area contributed by atoms with Crippen LogP contribution in [0.1, 0.15) is 37.7 Å². The predicted molar refractivity (Wildman–Crippen MR) is 88.9 cm³/mol. The lowest BCUT2D eigenvalue weighted by atomic mass is 9.38. The number of rotatable bonds is 0. The summed E-state index contributed by atoms with van der Waals surface area (Å²) >= 11 is 0. The first-order valence-electron chi connectivity index (χ1n) is 9.53. The molecule has 3 saturated carbocycles. The molecule has 6 fully saturated rings. The number of benzene rings is 1. The van der Waals surface area contributed by atoms with E-state index >= 15 is 0 Å². The van der Waals surface area contributed by atoms with Gasteiger partial charge in [-0.15, -0.1) is 0 Å². The van der Waals surface area contributed by atoms with E-state index in [9.17, 15) is 9.59 Å². The molecule has 4 heterocycles. The molecule has 1 aromatic rings. The fraction of sp³-hybridized carbons (Fsp3) is 0.600. The minimum atomic E-state index is -0.643.